The van der Waals surface area contributed by atoms with Gasteiger partial charge in [-0.25, -0.2) is 0 Å². The summed E-state index contributed by atoms with van der Waals surface area (Å²) in [4.78, 5) is 17.3. The van der Waals surface area contributed by atoms with Crippen LogP contribution in [0.1, 0.15) is 31.4 Å². The van der Waals surface area contributed by atoms with Gasteiger partial charge in [-0.15, -0.1) is 0 Å². The van der Waals surface area contributed by atoms with Crippen molar-refractivity contribution < 1.29 is 5.11 Å². The van der Waals surface area contributed by atoms with Gasteiger partial charge in [0.05, 0.1) is 6.54 Å². The number of pyridine rings is 1. The van der Waals surface area contributed by atoms with Crippen LogP contribution in [-0.4, -0.2) is 39.8 Å². The van der Waals surface area contributed by atoms with Gasteiger partial charge >= 0.3 is 0 Å². The molecular weight excluding hydrogens is 322 g/mol. The predicted octanol–water partition coefficient (Wildman–Crippen LogP) is 2.17. The molecule has 6 heteroatoms. The molecule has 0 saturated heterocycles. The standard InChI is InChI=1S/C18H25N3O2S/c1-3-13-6-7-16-14(10-13)11-15(17(23)20-16)12-21(8-5-9-22)18(24)19-4-2/h6-7,10-11,22H,3-5,8-9,12H2,1-2H3,(H,19,24)(H,20,23). The number of aliphatic hydroxyl groups is 1. The second-order valence-electron chi connectivity index (χ2n) is 5.73. The fourth-order valence-electron chi connectivity index (χ4n) is 2.62. The molecule has 1 aromatic heterocycles. The molecule has 1 heterocycles. The van der Waals surface area contributed by atoms with Crippen LogP contribution in [0.25, 0.3) is 10.9 Å². The van der Waals surface area contributed by atoms with Crippen LogP contribution in [0.4, 0.5) is 0 Å². The summed E-state index contributed by atoms with van der Waals surface area (Å²) in [5, 5.41) is 13.8. The van der Waals surface area contributed by atoms with Gasteiger partial charge in [-0.05, 0) is 61.1 Å². The molecule has 2 rings (SSSR count). The molecule has 0 unspecified atom stereocenters. The van der Waals surface area contributed by atoms with Crippen LogP contribution in [0.3, 0.4) is 0 Å². The molecule has 0 bridgehead atoms. The van der Waals surface area contributed by atoms with Crippen LogP contribution in [0.15, 0.2) is 29.1 Å². The van der Waals surface area contributed by atoms with E-state index in [0.717, 1.165) is 23.9 Å². The van der Waals surface area contributed by atoms with Gasteiger partial charge in [0.1, 0.15) is 0 Å². The van der Waals surface area contributed by atoms with Gasteiger partial charge < -0.3 is 20.3 Å². The first-order valence-electron chi connectivity index (χ1n) is 8.37. The summed E-state index contributed by atoms with van der Waals surface area (Å²) in [6, 6.07) is 8.03. The quantitative estimate of drug-likeness (QED) is 0.670. The van der Waals surface area contributed by atoms with E-state index in [1.165, 1.54) is 5.56 Å². The first kappa shape index (κ1) is 18.4. The van der Waals surface area contributed by atoms with E-state index >= 15 is 0 Å². The number of aryl methyl sites for hydroxylation is 1. The summed E-state index contributed by atoms with van der Waals surface area (Å²) in [6.07, 6.45) is 1.56. The number of aliphatic hydroxyl groups excluding tert-OH is 1. The third-order valence-corrected chi connectivity index (χ3v) is 4.36. The molecule has 0 aliphatic rings. The molecule has 0 radical (unpaired) electrons. The van der Waals surface area contributed by atoms with E-state index in [4.69, 9.17) is 17.3 Å². The van der Waals surface area contributed by atoms with E-state index < -0.39 is 0 Å². The number of benzene rings is 1. The Balaban J connectivity index is 2.32. The number of aromatic amines is 1. The van der Waals surface area contributed by atoms with Gasteiger partial charge in [0, 0.05) is 30.8 Å². The van der Waals surface area contributed by atoms with Crippen molar-refractivity contribution >= 4 is 28.2 Å². The zero-order valence-corrected chi connectivity index (χ0v) is 15.1. The SMILES string of the molecule is CCNC(=S)N(CCCO)Cc1cc2cc(CC)ccc2[nH]c1=O. The molecular formula is C18H25N3O2S. The van der Waals surface area contributed by atoms with Crippen LogP contribution in [0, 0.1) is 0 Å². The highest BCUT2D eigenvalue weighted by molar-refractivity contribution is 7.80. The largest absolute Gasteiger partial charge is 0.396 e. The lowest BCUT2D eigenvalue weighted by atomic mass is 10.1. The maximum atomic E-state index is 12.4. The topological polar surface area (TPSA) is 68.4 Å². The number of nitrogens with one attached hydrogen (secondary N) is 2. The van der Waals surface area contributed by atoms with Gasteiger partial charge in [0.15, 0.2) is 5.11 Å². The Bertz CT molecular complexity index is 758. The van der Waals surface area contributed by atoms with Crippen LogP contribution in [0.5, 0.6) is 0 Å². The molecule has 3 N–H and O–H groups in total. The smallest absolute Gasteiger partial charge is 0.253 e. The lowest BCUT2D eigenvalue weighted by Gasteiger charge is -2.25. The third kappa shape index (κ3) is 4.55. The van der Waals surface area contributed by atoms with E-state index in [1.807, 2.05) is 30.0 Å². The molecule has 5 nitrogen and oxygen atoms in total. The number of nitrogens with zero attached hydrogens (tertiary/aromatic N) is 1. The Kier molecular flexibility index (Phi) is 6.75. The summed E-state index contributed by atoms with van der Waals surface area (Å²) in [5.74, 6) is 0. The summed E-state index contributed by atoms with van der Waals surface area (Å²) in [5.41, 5.74) is 2.66. The molecule has 0 saturated carbocycles. The molecule has 0 spiro atoms. The van der Waals surface area contributed by atoms with E-state index in [9.17, 15) is 4.79 Å². The summed E-state index contributed by atoms with van der Waals surface area (Å²) in [6.45, 7) is 5.94. The molecule has 0 fully saturated rings. The van der Waals surface area contributed by atoms with Crippen molar-refractivity contribution in [3.05, 3.63) is 45.7 Å². The first-order chi connectivity index (χ1) is 11.6. The molecule has 0 aliphatic carbocycles. The second kappa shape index (κ2) is 8.80. The number of hydrogen-bond acceptors (Lipinski definition) is 3. The number of fused-ring (bicyclic) bond motifs is 1. The van der Waals surface area contributed by atoms with Gasteiger partial charge in [0.2, 0.25) is 0 Å². The maximum Gasteiger partial charge on any atom is 0.253 e. The summed E-state index contributed by atoms with van der Waals surface area (Å²) in [7, 11) is 0. The Morgan fingerprint density at radius 1 is 1.33 bits per heavy atom. The minimum absolute atomic E-state index is 0.0964. The van der Waals surface area contributed by atoms with E-state index in [-0.39, 0.29) is 12.2 Å². The minimum Gasteiger partial charge on any atom is -0.396 e. The van der Waals surface area contributed by atoms with Crippen LogP contribution in [-0.2, 0) is 13.0 Å². The van der Waals surface area contributed by atoms with E-state index in [2.05, 4.69) is 23.3 Å². The molecule has 2 aromatic rings. The van der Waals surface area contributed by atoms with E-state index in [0.29, 0.717) is 30.2 Å². The summed E-state index contributed by atoms with van der Waals surface area (Å²) >= 11 is 5.39. The van der Waals surface area contributed by atoms with Gasteiger partial charge in [-0.3, -0.25) is 4.79 Å². The van der Waals surface area contributed by atoms with Crippen molar-refractivity contribution in [1.29, 1.82) is 0 Å². The molecule has 0 aliphatic heterocycles. The number of rotatable bonds is 7. The van der Waals surface area contributed by atoms with Crippen molar-refractivity contribution in [1.82, 2.24) is 15.2 Å². The Hall–Kier alpha value is -1.92. The highest BCUT2D eigenvalue weighted by Gasteiger charge is 2.12. The zero-order valence-electron chi connectivity index (χ0n) is 14.3. The average Bonchev–Trinajstić information content (AvgIpc) is 2.58. The maximum absolute atomic E-state index is 12.4. The van der Waals surface area contributed by atoms with Crippen molar-refractivity contribution in [2.45, 2.75) is 33.2 Å². The molecule has 24 heavy (non-hydrogen) atoms. The molecule has 0 amide bonds. The number of aromatic nitrogens is 1. The van der Waals surface area contributed by atoms with Crippen molar-refractivity contribution in [2.24, 2.45) is 0 Å². The highest BCUT2D eigenvalue weighted by Crippen LogP contribution is 2.15. The molecule has 0 atom stereocenters. The lowest BCUT2D eigenvalue weighted by Crippen LogP contribution is -2.41. The van der Waals surface area contributed by atoms with Crippen LogP contribution >= 0.6 is 12.2 Å². The van der Waals surface area contributed by atoms with Crippen LogP contribution < -0.4 is 10.9 Å². The van der Waals surface area contributed by atoms with Crippen molar-refractivity contribution in [3.63, 3.8) is 0 Å². The van der Waals surface area contributed by atoms with Crippen LogP contribution in [0.2, 0.25) is 0 Å². The van der Waals surface area contributed by atoms with Crippen molar-refractivity contribution in [2.75, 3.05) is 19.7 Å². The van der Waals surface area contributed by atoms with Gasteiger partial charge in [0.25, 0.3) is 5.56 Å². The highest BCUT2D eigenvalue weighted by atomic mass is 32.1. The Morgan fingerprint density at radius 2 is 2.12 bits per heavy atom. The molecule has 130 valence electrons. The number of thiocarbonyl (C=S) groups is 1. The molecule has 1 aromatic carbocycles. The predicted molar refractivity (Wildman–Crippen MR) is 102 cm³/mol. The lowest BCUT2D eigenvalue weighted by molar-refractivity contribution is 0.264. The minimum atomic E-state index is -0.0972. The van der Waals surface area contributed by atoms with Gasteiger partial charge in [-0.2, -0.15) is 0 Å². The monoisotopic (exact) mass is 347 g/mol. The number of hydrogen-bond donors (Lipinski definition) is 3. The normalized spacial score (nSPS) is 10.8. The third-order valence-electron chi connectivity index (χ3n) is 3.96. The second-order valence-corrected chi connectivity index (χ2v) is 6.12. The fourth-order valence-corrected chi connectivity index (χ4v) is 2.92. The fraction of sp³-hybridized carbons (Fsp3) is 0.444. The van der Waals surface area contributed by atoms with E-state index in [1.54, 1.807) is 0 Å². The van der Waals surface area contributed by atoms with Crippen molar-refractivity contribution in [3.8, 4) is 0 Å². The average molecular weight is 347 g/mol. The Morgan fingerprint density at radius 3 is 2.79 bits per heavy atom. The number of H-pyrrole nitrogens is 1. The van der Waals surface area contributed by atoms with Gasteiger partial charge in [-0.1, -0.05) is 13.0 Å². The summed E-state index contributed by atoms with van der Waals surface area (Å²) < 4.78 is 0. The first-order valence-corrected chi connectivity index (χ1v) is 8.78. The Labute approximate surface area is 147 Å². The zero-order chi connectivity index (χ0) is 17.5.